The first-order valence-electron chi connectivity index (χ1n) is 5.60. The molecule has 0 aliphatic rings. The highest BCUT2D eigenvalue weighted by atomic mass is 32.2. The van der Waals surface area contributed by atoms with Crippen LogP contribution in [0.2, 0.25) is 0 Å². The molecule has 0 N–H and O–H groups in total. The number of hydrogen-bond acceptors (Lipinski definition) is 2. The van der Waals surface area contributed by atoms with E-state index in [1.807, 2.05) is 23.9 Å². The van der Waals surface area contributed by atoms with Crippen molar-refractivity contribution in [2.45, 2.75) is 26.7 Å². The Morgan fingerprint density at radius 3 is 2.53 bits per heavy atom. The third kappa shape index (κ3) is 5.73. The summed E-state index contributed by atoms with van der Waals surface area (Å²) in [5, 5.41) is 0. The molecule has 0 amide bonds. The lowest BCUT2D eigenvalue weighted by Gasteiger charge is -2.05. The van der Waals surface area contributed by atoms with Crippen LogP contribution in [0.3, 0.4) is 0 Å². The Balaban J connectivity index is 2.07. The van der Waals surface area contributed by atoms with E-state index in [0.717, 1.165) is 18.8 Å². The molecule has 0 aliphatic carbocycles. The van der Waals surface area contributed by atoms with Gasteiger partial charge >= 0.3 is 0 Å². The first-order valence-corrected chi connectivity index (χ1v) is 6.75. The molecule has 0 atom stereocenters. The largest absolute Gasteiger partial charge is 0.494 e. The van der Waals surface area contributed by atoms with Crippen molar-refractivity contribution in [1.29, 1.82) is 0 Å². The molecule has 84 valence electrons. The molecule has 0 aliphatic heterocycles. The molecule has 0 saturated heterocycles. The number of ether oxygens (including phenoxy) is 1. The first kappa shape index (κ1) is 12.4. The van der Waals surface area contributed by atoms with E-state index in [-0.39, 0.29) is 0 Å². The summed E-state index contributed by atoms with van der Waals surface area (Å²) in [6.45, 7) is 5.14. The number of aryl methyl sites for hydroxylation is 1. The predicted molar refractivity (Wildman–Crippen MR) is 68.9 cm³/mol. The van der Waals surface area contributed by atoms with Crippen molar-refractivity contribution in [1.82, 2.24) is 0 Å². The lowest BCUT2D eigenvalue weighted by Crippen LogP contribution is -1.98. The standard InChI is InChI=1S/C13H20OS/c1-3-10-15-11-4-9-14-13-7-5-12(2)6-8-13/h5-8H,3-4,9-11H2,1-2H3. The summed E-state index contributed by atoms with van der Waals surface area (Å²) in [6, 6.07) is 8.24. The number of benzene rings is 1. The Morgan fingerprint density at radius 2 is 1.87 bits per heavy atom. The van der Waals surface area contributed by atoms with Crippen molar-refractivity contribution >= 4 is 11.8 Å². The molecule has 0 fully saturated rings. The van der Waals surface area contributed by atoms with Gasteiger partial charge in [0.2, 0.25) is 0 Å². The zero-order valence-corrected chi connectivity index (χ0v) is 10.5. The van der Waals surface area contributed by atoms with Crippen LogP contribution in [-0.2, 0) is 0 Å². The highest BCUT2D eigenvalue weighted by Crippen LogP contribution is 2.12. The van der Waals surface area contributed by atoms with Gasteiger partial charge in [0, 0.05) is 0 Å². The van der Waals surface area contributed by atoms with Gasteiger partial charge in [-0.2, -0.15) is 11.8 Å². The van der Waals surface area contributed by atoms with Crippen molar-refractivity contribution in [3.63, 3.8) is 0 Å². The molecule has 0 bridgehead atoms. The van der Waals surface area contributed by atoms with E-state index < -0.39 is 0 Å². The summed E-state index contributed by atoms with van der Waals surface area (Å²) in [5.74, 6) is 3.46. The summed E-state index contributed by atoms with van der Waals surface area (Å²) in [6.07, 6.45) is 2.40. The van der Waals surface area contributed by atoms with Crippen LogP contribution in [0.5, 0.6) is 5.75 Å². The monoisotopic (exact) mass is 224 g/mol. The molecule has 0 unspecified atom stereocenters. The number of thioether (sulfide) groups is 1. The summed E-state index contributed by atoms with van der Waals surface area (Å²) in [4.78, 5) is 0. The minimum absolute atomic E-state index is 0.833. The maximum Gasteiger partial charge on any atom is 0.119 e. The Morgan fingerprint density at radius 1 is 1.13 bits per heavy atom. The Labute approximate surface area is 97.2 Å². The van der Waals surface area contributed by atoms with E-state index in [2.05, 4.69) is 26.0 Å². The molecule has 0 aromatic heterocycles. The minimum Gasteiger partial charge on any atom is -0.494 e. The average molecular weight is 224 g/mol. The molecular weight excluding hydrogens is 204 g/mol. The van der Waals surface area contributed by atoms with Crippen molar-refractivity contribution < 1.29 is 4.74 Å². The van der Waals surface area contributed by atoms with Crippen LogP contribution in [0.4, 0.5) is 0 Å². The number of hydrogen-bond donors (Lipinski definition) is 0. The Bertz CT molecular complexity index is 256. The fourth-order valence-corrected chi connectivity index (χ4v) is 2.05. The second-order valence-corrected chi connectivity index (χ2v) is 4.85. The van der Waals surface area contributed by atoms with Crippen molar-refractivity contribution in [2.24, 2.45) is 0 Å². The van der Waals surface area contributed by atoms with E-state index in [9.17, 15) is 0 Å². The normalized spacial score (nSPS) is 10.3. The van der Waals surface area contributed by atoms with Gasteiger partial charge in [-0.25, -0.2) is 0 Å². The lowest BCUT2D eigenvalue weighted by atomic mass is 10.2. The van der Waals surface area contributed by atoms with Crippen LogP contribution >= 0.6 is 11.8 Å². The quantitative estimate of drug-likeness (QED) is 0.649. The maximum absolute atomic E-state index is 5.63. The summed E-state index contributed by atoms with van der Waals surface area (Å²) in [5.41, 5.74) is 1.28. The van der Waals surface area contributed by atoms with Gasteiger partial charge in [0.1, 0.15) is 5.75 Å². The van der Waals surface area contributed by atoms with Crippen molar-refractivity contribution in [2.75, 3.05) is 18.1 Å². The van der Waals surface area contributed by atoms with Gasteiger partial charge in [-0.3, -0.25) is 0 Å². The average Bonchev–Trinajstić information content (AvgIpc) is 2.26. The third-order valence-electron chi connectivity index (χ3n) is 2.07. The summed E-state index contributed by atoms with van der Waals surface area (Å²) >= 11 is 2.01. The second kappa shape index (κ2) is 7.63. The highest BCUT2D eigenvalue weighted by Gasteiger charge is 1.93. The van der Waals surface area contributed by atoms with Crippen LogP contribution < -0.4 is 4.74 Å². The van der Waals surface area contributed by atoms with Gasteiger partial charge in [-0.15, -0.1) is 0 Å². The minimum atomic E-state index is 0.833. The first-order chi connectivity index (χ1) is 7.33. The fourth-order valence-electron chi connectivity index (χ4n) is 1.23. The lowest BCUT2D eigenvalue weighted by molar-refractivity contribution is 0.318. The van der Waals surface area contributed by atoms with Gasteiger partial charge in [-0.05, 0) is 43.4 Å². The highest BCUT2D eigenvalue weighted by molar-refractivity contribution is 7.99. The van der Waals surface area contributed by atoms with Crippen LogP contribution in [0, 0.1) is 6.92 Å². The Hall–Kier alpha value is -0.630. The van der Waals surface area contributed by atoms with Gasteiger partial charge < -0.3 is 4.74 Å². The Kier molecular flexibility index (Phi) is 6.33. The van der Waals surface area contributed by atoms with Gasteiger partial charge in [0.05, 0.1) is 6.61 Å². The SMILES string of the molecule is CCCSCCCOc1ccc(C)cc1. The molecule has 0 spiro atoms. The van der Waals surface area contributed by atoms with Crippen LogP contribution in [0.1, 0.15) is 25.3 Å². The molecule has 1 aromatic carbocycles. The van der Waals surface area contributed by atoms with Crippen LogP contribution in [0.15, 0.2) is 24.3 Å². The molecule has 1 rings (SSSR count). The van der Waals surface area contributed by atoms with Crippen molar-refractivity contribution in [3.8, 4) is 5.75 Å². The molecule has 1 aromatic rings. The van der Waals surface area contributed by atoms with Gasteiger partial charge in [-0.1, -0.05) is 24.6 Å². The van der Waals surface area contributed by atoms with Crippen LogP contribution in [0.25, 0.3) is 0 Å². The molecular formula is C13H20OS. The topological polar surface area (TPSA) is 9.23 Å². The van der Waals surface area contributed by atoms with Crippen molar-refractivity contribution in [3.05, 3.63) is 29.8 Å². The second-order valence-electron chi connectivity index (χ2n) is 3.63. The summed E-state index contributed by atoms with van der Waals surface area (Å²) in [7, 11) is 0. The molecule has 0 radical (unpaired) electrons. The zero-order chi connectivity index (χ0) is 10.9. The zero-order valence-electron chi connectivity index (χ0n) is 9.66. The fraction of sp³-hybridized carbons (Fsp3) is 0.538. The molecule has 1 nitrogen and oxygen atoms in total. The smallest absolute Gasteiger partial charge is 0.119 e. The van der Waals surface area contributed by atoms with E-state index in [4.69, 9.17) is 4.74 Å². The number of rotatable bonds is 7. The molecule has 0 heterocycles. The third-order valence-corrected chi connectivity index (χ3v) is 3.35. The van der Waals surface area contributed by atoms with E-state index in [1.54, 1.807) is 0 Å². The van der Waals surface area contributed by atoms with Gasteiger partial charge in [0.25, 0.3) is 0 Å². The predicted octanol–water partition coefficient (Wildman–Crippen LogP) is 3.91. The van der Waals surface area contributed by atoms with E-state index >= 15 is 0 Å². The van der Waals surface area contributed by atoms with Gasteiger partial charge in [0.15, 0.2) is 0 Å². The maximum atomic E-state index is 5.63. The van der Waals surface area contributed by atoms with E-state index in [1.165, 1.54) is 23.5 Å². The molecule has 2 heteroatoms. The van der Waals surface area contributed by atoms with E-state index in [0.29, 0.717) is 0 Å². The molecule has 15 heavy (non-hydrogen) atoms. The summed E-state index contributed by atoms with van der Waals surface area (Å²) < 4.78 is 5.63. The van der Waals surface area contributed by atoms with Crippen LogP contribution in [-0.4, -0.2) is 18.1 Å². The molecule has 0 saturated carbocycles.